The molecular weight excluding hydrogens is 368 g/mol. The van der Waals surface area contributed by atoms with Crippen molar-refractivity contribution in [3.63, 3.8) is 0 Å². The van der Waals surface area contributed by atoms with Crippen LogP contribution in [0.15, 0.2) is 42.5 Å². The molecule has 3 N–H and O–H groups in total. The van der Waals surface area contributed by atoms with Crippen molar-refractivity contribution >= 4 is 22.8 Å². The lowest BCUT2D eigenvalue weighted by Gasteiger charge is -2.13. The molecule has 1 amide bonds. The fourth-order valence-electron chi connectivity index (χ4n) is 4.47. The molecule has 0 radical (unpaired) electrons. The Morgan fingerprint density at radius 1 is 1.17 bits per heavy atom. The number of primary amides is 1. The van der Waals surface area contributed by atoms with Crippen molar-refractivity contribution in [2.45, 2.75) is 38.6 Å². The van der Waals surface area contributed by atoms with Crippen LogP contribution in [0.3, 0.4) is 0 Å². The number of fused-ring (bicyclic) bond motifs is 3. The smallest absolute Gasteiger partial charge is 0.341 e. The number of nitrogens with zero attached hydrogens (tertiary/aromatic N) is 1. The highest BCUT2D eigenvalue weighted by Gasteiger charge is 2.34. The van der Waals surface area contributed by atoms with E-state index < -0.39 is 12.6 Å². The number of nitrogens with two attached hydrogens (primary N) is 1. The van der Waals surface area contributed by atoms with Crippen LogP contribution < -0.4 is 10.5 Å². The number of aromatic nitrogens is 1. The fourth-order valence-corrected chi connectivity index (χ4v) is 4.47. The first kappa shape index (κ1) is 19.1. The van der Waals surface area contributed by atoms with Gasteiger partial charge in [0, 0.05) is 17.6 Å². The maximum absolute atomic E-state index is 12.1. The molecule has 2 aromatic carbocycles. The van der Waals surface area contributed by atoms with Crippen LogP contribution in [0.2, 0.25) is 0 Å². The van der Waals surface area contributed by atoms with E-state index in [-0.39, 0.29) is 11.8 Å². The van der Waals surface area contributed by atoms with Gasteiger partial charge in [-0.2, -0.15) is 0 Å². The largest absolute Gasteiger partial charge is 0.481 e. The number of carboxylic acid groups (broad SMARTS) is 1. The van der Waals surface area contributed by atoms with Crippen molar-refractivity contribution in [3.05, 3.63) is 64.8 Å². The van der Waals surface area contributed by atoms with Crippen LogP contribution in [0.25, 0.3) is 10.9 Å². The lowest BCUT2D eigenvalue weighted by Crippen LogP contribution is -2.19. The Kier molecular flexibility index (Phi) is 5.01. The van der Waals surface area contributed by atoms with Gasteiger partial charge in [0.25, 0.3) is 0 Å². The van der Waals surface area contributed by atoms with Gasteiger partial charge in [-0.05, 0) is 48.1 Å². The molecule has 0 aliphatic heterocycles. The van der Waals surface area contributed by atoms with Gasteiger partial charge in [-0.1, -0.05) is 37.3 Å². The van der Waals surface area contributed by atoms with Gasteiger partial charge >= 0.3 is 5.97 Å². The van der Waals surface area contributed by atoms with Gasteiger partial charge in [0.2, 0.25) is 5.91 Å². The number of hydrogen-bond donors (Lipinski definition) is 2. The van der Waals surface area contributed by atoms with Crippen LogP contribution in [-0.2, 0) is 29.0 Å². The molecule has 0 saturated heterocycles. The summed E-state index contributed by atoms with van der Waals surface area (Å²) in [4.78, 5) is 23.2. The monoisotopic (exact) mass is 392 g/mol. The molecule has 1 atom stereocenters. The minimum absolute atomic E-state index is 0.357. The average molecular weight is 392 g/mol. The zero-order chi connectivity index (χ0) is 20.5. The van der Waals surface area contributed by atoms with Crippen molar-refractivity contribution < 1.29 is 19.4 Å². The zero-order valence-electron chi connectivity index (χ0n) is 16.4. The molecule has 1 aliphatic rings. The minimum atomic E-state index is -1.04. The number of rotatable bonds is 7. The molecule has 1 heterocycles. The molecule has 4 rings (SSSR count). The molecule has 3 aromatic rings. The van der Waals surface area contributed by atoms with E-state index in [0.29, 0.717) is 18.7 Å². The second kappa shape index (κ2) is 7.62. The van der Waals surface area contributed by atoms with Crippen LogP contribution >= 0.6 is 0 Å². The average Bonchev–Trinajstić information content (AvgIpc) is 3.26. The first-order valence-electron chi connectivity index (χ1n) is 9.86. The van der Waals surface area contributed by atoms with E-state index in [1.165, 1.54) is 11.1 Å². The Labute approximate surface area is 168 Å². The third-order valence-corrected chi connectivity index (χ3v) is 5.74. The molecule has 1 aromatic heterocycles. The predicted octanol–water partition coefficient (Wildman–Crippen LogP) is 3.23. The minimum Gasteiger partial charge on any atom is -0.481 e. The molecule has 6 heteroatoms. The predicted molar refractivity (Wildman–Crippen MR) is 110 cm³/mol. The third-order valence-electron chi connectivity index (χ3n) is 5.74. The number of benzene rings is 2. The molecule has 1 unspecified atom stereocenters. The second-order valence-electron chi connectivity index (χ2n) is 7.40. The van der Waals surface area contributed by atoms with Gasteiger partial charge in [-0.15, -0.1) is 0 Å². The maximum atomic E-state index is 12.1. The number of carboxylic acids is 1. The molecule has 0 fully saturated rings. The topological polar surface area (TPSA) is 94.6 Å². The molecule has 29 heavy (non-hydrogen) atoms. The van der Waals surface area contributed by atoms with Crippen LogP contribution in [0.5, 0.6) is 5.75 Å². The van der Waals surface area contributed by atoms with Crippen LogP contribution in [0.1, 0.15) is 41.6 Å². The van der Waals surface area contributed by atoms with Gasteiger partial charge in [0.05, 0.1) is 11.4 Å². The lowest BCUT2D eigenvalue weighted by molar-refractivity contribution is -0.139. The normalized spacial score (nSPS) is 15.4. The molecule has 0 bridgehead atoms. The van der Waals surface area contributed by atoms with Crippen LogP contribution in [-0.4, -0.2) is 28.2 Å². The maximum Gasteiger partial charge on any atom is 0.341 e. The summed E-state index contributed by atoms with van der Waals surface area (Å²) < 4.78 is 7.81. The molecule has 0 saturated carbocycles. The van der Waals surface area contributed by atoms with E-state index in [2.05, 4.69) is 23.6 Å². The van der Waals surface area contributed by atoms with Gasteiger partial charge in [0.15, 0.2) is 6.61 Å². The SMILES string of the molecule is CCc1ccccc1Cn1c2c(c3c(OCC(=O)O)cccc31)C(C(N)=O)CC2. The summed E-state index contributed by atoms with van der Waals surface area (Å²) in [6.07, 6.45) is 2.36. The Hall–Kier alpha value is -3.28. The number of ether oxygens (including phenoxy) is 1. The van der Waals surface area contributed by atoms with Crippen LogP contribution in [0.4, 0.5) is 0 Å². The molecule has 150 valence electrons. The Balaban J connectivity index is 1.90. The summed E-state index contributed by atoms with van der Waals surface area (Å²) in [7, 11) is 0. The zero-order valence-corrected chi connectivity index (χ0v) is 16.4. The van der Waals surface area contributed by atoms with E-state index >= 15 is 0 Å². The highest BCUT2D eigenvalue weighted by molar-refractivity contribution is 5.97. The standard InChI is InChI=1S/C23H24N2O4/c1-2-14-6-3-4-7-15(14)12-25-17-8-5-9-19(29-13-20(26)27)22(17)21-16(23(24)28)10-11-18(21)25/h3-9,16H,2,10-13H2,1H3,(H2,24,28)(H,26,27). The second-order valence-corrected chi connectivity index (χ2v) is 7.40. The van der Waals surface area contributed by atoms with Crippen molar-refractivity contribution in [1.29, 1.82) is 0 Å². The fraction of sp³-hybridized carbons (Fsp3) is 0.304. The number of carbonyl (C=O) groups excluding carboxylic acids is 1. The lowest BCUT2D eigenvalue weighted by atomic mass is 9.99. The molecule has 6 nitrogen and oxygen atoms in total. The summed E-state index contributed by atoms with van der Waals surface area (Å²) in [5.74, 6) is -1.30. The highest BCUT2D eigenvalue weighted by Crippen LogP contribution is 2.44. The first-order chi connectivity index (χ1) is 14.0. The van der Waals surface area contributed by atoms with Gasteiger partial charge in [-0.3, -0.25) is 4.79 Å². The van der Waals surface area contributed by atoms with E-state index in [1.807, 2.05) is 24.3 Å². The number of carbonyl (C=O) groups is 2. The van der Waals surface area contributed by atoms with E-state index in [0.717, 1.165) is 35.0 Å². The number of hydrogen-bond acceptors (Lipinski definition) is 3. The summed E-state index contributed by atoms with van der Waals surface area (Å²) in [6.45, 7) is 2.39. The van der Waals surface area contributed by atoms with Crippen molar-refractivity contribution in [2.75, 3.05) is 6.61 Å². The van der Waals surface area contributed by atoms with E-state index in [1.54, 1.807) is 6.07 Å². The summed E-state index contributed by atoms with van der Waals surface area (Å²) >= 11 is 0. The summed E-state index contributed by atoms with van der Waals surface area (Å²) in [5.41, 5.74) is 11.1. The number of aliphatic carboxylic acids is 1. The molecular formula is C23H24N2O4. The van der Waals surface area contributed by atoms with Gasteiger partial charge in [-0.25, -0.2) is 4.79 Å². The van der Waals surface area contributed by atoms with Crippen molar-refractivity contribution in [1.82, 2.24) is 4.57 Å². The number of amides is 1. The van der Waals surface area contributed by atoms with Gasteiger partial charge < -0.3 is 20.1 Å². The van der Waals surface area contributed by atoms with Crippen molar-refractivity contribution in [2.24, 2.45) is 5.73 Å². The molecule has 0 spiro atoms. The third kappa shape index (κ3) is 3.35. The van der Waals surface area contributed by atoms with E-state index in [9.17, 15) is 9.59 Å². The highest BCUT2D eigenvalue weighted by atomic mass is 16.5. The number of aryl methyl sites for hydroxylation is 1. The van der Waals surface area contributed by atoms with Crippen LogP contribution in [0, 0.1) is 0 Å². The summed E-state index contributed by atoms with van der Waals surface area (Å²) in [5, 5.41) is 9.84. The quantitative estimate of drug-likeness (QED) is 0.645. The summed E-state index contributed by atoms with van der Waals surface area (Å²) in [6, 6.07) is 13.9. The Bertz CT molecular complexity index is 1100. The first-order valence-corrected chi connectivity index (χ1v) is 9.86. The Morgan fingerprint density at radius 3 is 2.62 bits per heavy atom. The molecule has 1 aliphatic carbocycles. The van der Waals surface area contributed by atoms with Crippen molar-refractivity contribution in [3.8, 4) is 5.75 Å². The van der Waals surface area contributed by atoms with Gasteiger partial charge in [0.1, 0.15) is 5.75 Å². The Morgan fingerprint density at radius 2 is 1.93 bits per heavy atom. The van der Waals surface area contributed by atoms with E-state index in [4.69, 9.17) is 15.6 Å².